The number of H-pyrrole nitrogens is 1. The highest BCUT2D eigenvalue weighted by Gasteiger charge is 2.30. The molecule has 2 amide bonds. The number of carbonyl (C=O) groups excluding carboxylic acids is 2. The van der Waals surface area contributed by atoms with Crippen molar-refractivity contribution in [1.29, 1.82) is 0 Å². The van der Waals surface area contributed by atoms with E-state index in [1.165, 1.54) is 11.3 Å². The number of aromatic nitrogens is 3. The van der Waals surface area contributed by atoms with Gasteiger partial charge in [0.15, 0.2) is 16.5 Å². The molecule has 2 heterocycles. The SMILES string of the molecule is CN(C)CCNC(=O)c1n[nH]c2nc(NC(=O)C3CC3)sc12. The fourth-order valence-corrected chi connectivity index (χ4v) is 2.86. The average Bonchev–Trinajstić information content (AvgIpc) is 3.12. The van der Waals surface area contributed by atoms with Crippen molar-refractivity contribution in [2.45, 2.75) is 12.8 Å². The van der Waals surface area contributed by atoms with Crippen LogP contribution >= 0.6 is 11.3 Å². The zero-order valence-corrected chi connectivity index (χ0v) is 13.3. The monoisotopic (exact) mass is 322 g/mol. The number of thiazole rings is 1. The van der Waals surface area contributed by atoms with E-state index in [0.717, 1.165) is 19.4 Å². The minimum Gasteiger partial charge on any atom is -0.349 e. The summed E-state index contributed by atoms with van der Waals surface area (Å²) in [6, 6.07) is 0. The Morgan fingerprint density at radius 3 is 2.86 bits per heavy atom. The van der Waals surface area contributed by atoms with E-state index < -0.39 is 0 Å². The molecule has 8 nitrogen and oxygen atoms in total. The quantitative estimate of drug-likeness (QED) is 0.725. The van der Waals surface area contributed by atoms with E-state index in [2.05, 4.69) is 25.8 Å². The first-order valence-corrected chi connectivity index (χ1v) is 7.95. The summed E-state index contributed by atoms with van der Waals surface area (Å²) in [5, 5.41) is 12.8. The number of hydrogen-bond donors (Lipinski definition) is 3. The van der Waals surface area contributed by atoms with Gasteiger partial charge in [0, 0.05) is 19.0 Å². The zero-order chi connectivity index (χ0) is 15.7. The average molecular weight is 322 g/mol. The second-order valence-electron chi connectivity index (χ2n) is 5.59. The van der Waals surface area contributed by atoms with Crippen LogP contribution < -0.4 is 10.6 Å². The summed E-state index contributed by atoms with van der Waals surface area (Å²) in [6.45, 7) is 1.30. The molecule has 1 aliphatic carbocycles. The Labute approximate surface area is 131 Å². The van der Waals surface area contributed by atoms with Crippen molar-refractivity contribution in [2.24, 2.45) is 5.92 Å². The lowest BCUT2D eigenvalue weighted by Gasteiger charge is -2.09. The molecule has 0 radical (unpaired) electrons. The third-order valence-electron chi connectivity index (χ3n) is 3.35. The van der Waals surface area contributed by atoms with Crippen molar-refractivity contribution in [3.05, 3.63) is 5.69 Å². The van der Waals surface area contributed by atoms with Gasteiger partial charge < -0.3 is 15.5 Å². The highest BCUT2D eigenvalue weighted by molar-refractivity contribution is 7.22. The van der Waals surface area contributed by atoms with Gasteiger partial charge in [0.1, 0.15) is 4.70 Å². The van der Waals surface area contributed by atoms with E-state index in [0.29, 0.717) is 27.7 Å². The lowest BCUT2D eigenvalue weighted by atomic mass is 10.4. The van der Waals surface area contributed by atoms with Gasteiger partial charge in [-0.05, 0) is 26.9 Å². The van der Waals surface area contributed by atoms with Crippen LogP contribution in [0.5, 0.6) is 0 Å². The summed E-state index contributed by atoms with van der Waals surface area (Å²) in [4.78, 5) is 30.1. The first kappa shape index (κ1) is 14.9. The Hall–Kier alpha value is -2.00. The molecule has 1 fully saturated rings. The maximum atomic E-state index is 12.1. The maximum Gasteiger partial charge on any atom is 0.273 e. The molecule has 3 N–H and O–H groups in total. The molecule has 1 saturated carbocycles. The predicted octanol–water partition coefficient (Wildman–Crippen LogP) is 0.659. The molecule has 1 aliphatic rings. The molecule has 0 aliphatic heterocycles. The van der Waals surface area contributed by atoms with Crippen molar-refractivity contribution < 1.29 is 9.59 Å². The number of nitrogens with one attached hydrogen (secondary N) is 3. The van der Waals surface area contributed by atoms with Crippen molar-refractivity contribution in [3.8, 4) is 0 Å². The van der Waals surface area contributed by atoms with Crippen LogP contribution in [0.3, 0.4) is 0 Å². The molecule has 0 unspecified atom stereocenters. The van der Waals surface area contributed by atoms with Crippen LogP contribution in [0.4, 0.5) is 5.13 Å². The molecule has 0 bridgehead atoms. The standard InChI is InChI=1S/C13H18N6O2S/c1-19(2)6-5-14-12(21)8-9-10(18-17-8)15-13(22-9)16-11(20)7-3-4-7/h7H,3-6H2,1-2H3,(H,14,21)(H2,15,16,17,18,20). The largest absolute Gasteiger partial charge is 0.349 e. The molecule has 0 aromatic carbocycles. The van der Waals surface area contributed by atoms with Gasteiger partial charge in [-0.3, -0.25) is 14.7 Å². The minimum atomic E-state index is -0.239. The van der Waals surface area contributed by atoms with Gasteiger partial charge in [-0.2, -0.15) is 5.10 Å². The minimum absolute atomic E-state index is 0.00125. The van der Waals surface area contributed by atoms with Crippen molar-refractivity contribution in [1.82, 2.24) is 25.4 Å². The molecule has 0 atom stereocenters. The van der Waals surface area contributed by atoms with E-state index >= 15 is 0 Å². The summed E-state index contributed by atoms with van der Waals surface area (Å²) < 4.78 is 0.661. The first-order chi connectivity index (χ1) is 10.5. The Kier molecular flexibility index (Phi) is 4.08. The van der Waals surface area contributed by atoms with Gasteiger partial charge in [0.25, 0.3) is 5.91 Å². The summed E-state index contributed by atoms with van der Waals surface area (Å²) in [5.41, 5.74) is 0.840. The lowest BCUT2D eigenvalue weighted by Crippen LogP contribution is -2.31. The van der Waals surface area contributed by atoms with Gasteiger partial charge in [-0.1, -0.05) is 11.3 Å². The number of likely N-dealkylation sites (N-methyl/N-ethyl adjacent to an activating group) is 1. The van der Waals surface area contributed by atoms with Crippen LogP contribution in [0, 0.1) is 5.92 Å². The number of nitrogens with zero attached hydrogens (tertiary/aromatic N) is 3. The maximum absolute atomic E-state index is 12.1. The van der Waals surface area contributed by atoms with Gasteiger partial charge in [0.05, 0.1) is 0 Å². The molecule has 0 saturated heterocycles. The third kappa shape index (κ3) is 3.25. The van der Waals surface area contributed by atoms with Crippen LogP contribution in [0.1, 0.15) is 23.3 Å². The highest BCUT2D eigenvalue weighted by Crippen LogP contribution is 2.32. The Morgan fingerprint density at radius 2 is 2.18 bits per heavy atom. The van der Waals surface area contributed by atoms with Crippen molar-refractivity contribution in [3.63, 3.8) is 0 Å². The Balaban J connectivity index is 1.69. The fraction of sp³-hybridized carbons (Fsp3) is 0.538. The van der Waals surface area contributed by atoms with E-state index in [-0.39, 0.29) is 17.7 Å². The highest BCUT2D eigenvalue weighted by atomic mass is 32.1. The van der Waals surface area contributed by atoms with Gasteiger partial charge >= 0.3 is 0 Å². The third-order valence-corrected chi connectivity index (χ3v) is 4.33. The Bertz CT molecular complexity index is 703. The van der Waals surface area contributed by atoms with E-state index in [1.54, 1.807) is 0 Å². The smallest absolute Gasteiger partial charge is 0.273 e. The number of aromatic amines is 1. The van der Waals surface area contributed by atoms with Gasteiger partial charge in [-0.15, -0.1) is 0 Å². The number of amides is 2. The summed E-state index contributed by atoms with van der Waals surface area (Å²) in [5.74, 6) is -0.118. The molecule has 2 aromatic heterocycles. The molecule has 0 spiro atoms. The second-order valence-corrected chi connectivity index (χ2v) is 6.59. The molecule has 9 heteroatoms. The molecular weight excluding hydrogens is 304 g/mol. The van der Waals surface area contributed by atoms with E-state index in [9.17, 15) is 9.59 Å². The lowest BCUT2D eigenvalue weighted by molar-refractivity contribution is -0.117. The van der Waals surface area contributed by atoms with Gasteiger partial charge in [-0.25, -0.2) is 4.98 Å². The van der Waals surface area contributed by atoms with Crippen LogP contribution in [0.25, 0.3) is 10.3 Å². The molecule has 118 valence electrons. The molecular formula is C13H18N6O2S. The molecule has 22 heavy (non-hydrogen) atoms. The summed E-state index contributed by atoms with van der Waals surface area (Å²) in [6.07, 6.45) is 1.88. The van der Waals surface area contributed by atoms with Crippen LogP contribution in [-0.2, 0) is 4.79 Å². The zero-order valence-electron chi connectivity index (χ0n) is 12.5. The van der Waals surface area contributed by atoms with Crippen molar-refractivity contribution in [2.75, 3.05) is 32.5 Å². The molecule has 2 aromatic rings. The number of rotatable bonds is 6. The number of hydrogen-bond acceptors (Lipinski definition) is 6. The van der Waals surface area contributed by atoms with E-state index in [4.69, 9.17) is 0 Å². The normalized spacial score (nSPS) is 14.5. The van der Waals surface area contributed by atoms with Crippen LogP contribution in [0.2, 0.25) is 0 Å². The Morgan fingerprint density at radius 1 is 1.41 bits per heavy atom. The first-order valence-electron chi connectivity index (χ1n) is 7.13. The van der Waals surface area contributed by atoms with Crippen molar-refractivity contribution >= 4 is 38.6 Å². The summed E-state index contributed by atoms with van der Waals surface area (Å²) >= 11 is 1.26. The van der Waals surface area contributed by atoms with Crippen LogP contribution in [-0.4, -0.2) is 59.1 Å². The molecule has 3 rings (SSSR count). The number of fused-ring (bicyclic) bond motifs is 1. The number of carbonyl (C=O) groups is 2. The topological polar surface area (TPSA) is 103 Å². The number of anilines is 1. The van der Waals surface area contributed by atoms with Crippen LogP contribution in [0.15, 0.2) is 0 Å². The van der Waals surface area contributed by atoms with Gasteiger partial charge in [0.2, 0.25) is 5.91 Å². The second kappa shape index (κ2) is 6.01. The predicted molar refractivity (Wildman–Crippen MR) is 84.0 cm³/mol. The van der Waals surface area contributed by atoms with E-state index in [1.807, 2.05) is 19.0 Å². The summed E-state index contributed by atoms with van der Waals surface area (Å²) in [7, 11) is 3.88. The fourth-order valence-electron chi connectivity index (χ4n) is 1.95.